The molecule has 0 unspecified atom stereocenters. The molecular weight excluding hydrogens is 166 g/mol. The van der Waals surface area contributed by atoms with Crippen molar-refractivity contribution in [3.8, 4) is 0 Å². The van der Waals surface area contributed by atoms with Crippen molar-refractivity contribution in [2.45, 2.75) is 19.4 Å². The highest BCUT2D eigenvalue weighted by molar-refractivity contribution is 5.70. The second-order valence-electron chi connectivity index (χ2n) is 3.10. The fraction of sp³-hybridized carbons (Fsp3) is 0.300. The van der Waals surface area contributed by atoms with Gasteiger partial charge in [-0.25, -0.2) is 0 Å². The zero-order chi connectivity index (χ0) is 9.84. The van der Waals surface area contributed by atoms with E-state index in [0.29, 0.717) is 0 Å². The van der Waals surface area contributed by atoms with Crippen molar-refractivity contribution >= 4 is 5.97 Å². The molecule has 3 N–H and O–H groups in total. The molecular formula is C10H13NO2. The van der Waals surface area contributed by atoms with Crippen LogP contribution in [0.25, 0.3) is 0 Å². The van der Waals surface area contributed by atoms with E-state index in [1.54, 1.807) is 12.1 Å². The van der Waals surface area contributed by atoms with Gasteiger partial charge in [0.25, 0.3) is 0 Å². The molecule has 70 valence electrons. The first-order valence-corrected chi connectivity index (χ1v) is 4.16. The predicted octanol–water partition coefficient (Wildman–Crippen LogP) is 1.33. The first-order valence-electron chi connectivity index (χ1n) is 4.16. The lowest BCUT2D eigenvalue weighted by Gasteiger charge is -2.05. The Labute approximate surface area is 77.2 Å². The number of nitrogens with two attached hydrogens (primary N) is 1. The molecule has 0 aliphatic rings. The van der Waals surface area contributed by atoms with E-state index in [4.69, 9.17) is 10.8 Å². The lowest BCUT2D eigenvalue weighted by molar-refractivity contribution is -0.136. The second kappa shape index (κ2) is 4.05. The Hall–Kier alpha value is -1.35. The fourth-order valence-electron chi connectivity index (χ4n) is 1.11. The SMILES string of the molecule is C[C@@H](N)c1ccc(CC(=O)O)cc1. The first kappa shape index (κ1) is 9.74. The van der Waals surface area contributed by atoms with Gasteiger partial charge >= 0.3 is 5.97 Å². The monoisotopic (exact) mass is 179 g/mol. The molecule has 0 aliphatic carbocycles. The third kappa shape index (κ3) is 2.87. The van der Waals surface area contributed by atoms with Gasteiger partial charge in [-0.3, -0.25) is 4.79 Å². The molecule has 1 aromatic carbocycles. The summed E-state index contributed by atoms with van der Waals surface area (Å²) in [7, 11) is 0. The summed E-state index contributed by atoms with van der Waals surface area (Å²) in [5.74, 6) is -0.812. The van der Waals surface area contributed by atoms with Gasteiger partial charge < -0.3 is 10.8 Å². The molecule has 1 atom stereocenters. The molecule has 0 fully saturated rings. The molecule has 1 aromatic rings. The maximum absolute atomic E-state index is 10.4. The number of aliphatic carboxylic acids is 1. The van der Waals surface area contributed by atoms with Gasteiger partial charge in [0.2, 0.25) is 0 Å². The number of rotatable bonds is 3. The summed E-state index contributed by atoms with van der Waals surface area (Å²) in [4.78, 5) is 10.4. The van der Waals surface area contributed by atoms with Gasteiger partial charge in [-0.1, -0.05) is 24.3 Å². The molecule has 0 bridgehead atoms. The zero-order valence-corrected chi connectivity index (χ0v) is 7.53. The quantitative estimate of drug-likeness (QED) is 0.735. The molecule has 0 aromatic heterocycles. The molecule has 1 rings (SSSR count). The lowest BCUT2D eigenvalue weighted by Crippen LogP contribution is -2.05. The van der Waals surface area contributed by atoms with Gasteiger partial charge in [-0.2, -0.15) is 0 Å². The molecule has 0 saturated heterocycles. The third-order valence-electron chi connectivity index (χ3n) is 1.86. The maximum atomic E-state index is 10.4. The number of hydrogen-bond acceptors (Lipinski definition) is 2. The van der Waals surface area contributed by atoms with Gasteiger partial charge in [-0.05, 0) is 18.1 Å². The van der Waals surface area contributed by atoms with Gasteiger partial charge in [0.05, 0.1) is 6.42 Å². The van der Waals surface area contributed by atoms with Crippen molar-refractivity contribution in [1.82, 2.24) is 0 Å². The van der Waals surface area contributed by atoms with Crippen LogP contribution in [0.15, 0.2) is 24.3 Å². The lowest BCUT2D eigenvalue weighted by atomic mass is 10.1. The molecule has 0 saturated carbocycles. The van der Waals surface area contributed by atoms with E-state index in [1.807, 2.05) is 19.1 Å². The smallest absolute Gasteiger partial charge is 0.307 e. The number of carboxylic acids is 1. The topological polar surface area (TPSA) is 63.3 Å². The van der Waals surface area contributed by atoms with Crippen LogP contribution in [-0.4, -0.2) is 11.1 Å². The van der Waals surface area contributed by atoms with Gasteiger partial charge in [-0.15, -0.1) is 0 Å². The number of carboxylic acid groups (broad SMARTS) is 1. The largest absolute Gasteiger partial charge is 0.481 e. The van der Waals surface area contributed by atoms with E-state index >= 15 is 0 Å². The van der Waals surface area contributed by atoms with Crippen molar-refractivity contribution < 1.29 is 9.90 Å². The standard InChI is InChI=1S/C10H13NO2/c1-7(11)9-4-2-8(3-5-9)6-10(12)13/h2-5,7H,6,11H2,1H3,(H,12,13)/t7-/m1/s1. The Balaban J connectivity index is 2.75. The summed E-state index contributed by atoms with van der Waals surface area (Å²) >= 11 is 0. The molecule has 13 heavy (non-hydrogen) atoms. The minimum Gasteiger partial charge on any atom is -0.481 e. The van der Waals surface area contributed by atoms with Crippen molar-refractivity contribution in [2.75, 3.05) is 0 Å². The summed E-state index contributed by atoms with van der Waals surface area (Å²) in [6.45, 7) is 1.90. The van der Waals surface area contributed by atoms with E-state index in [2.05, 4.69) is 0 Å². The van der Waals surface area contributed by atoms with Crippen molar-refractivity contribution in [3.63, 3.8) is 0 Å². The molecule has 0 spiro atoms. The summed E-state index contributed by atoms with van der Waals surface area (Å²) in [6, 6.07) is 7.32. The number of hydrogen-bond donors (Lipinski definition) is 2. The van der Waals surface area contributed by atoms with Gasteiger partial charge in [0, 0.05) is 6.04 Å². The average Bonchev–Trinajstić information content (AvgIpc) is 2.04. The van der Waals surface area contributed by atoms with Crippen LogP contribution in [0.1, 0.15) is 24.1 Å². The highest BCUT2D eigenvalue weighted by atomic mass is 16.4. The Morgan fingerprint density at radius 1 is 1.46 bits per heavy atom. The van der Waals surface area contributed by atoms with Crippen molar-refractivity contribution in [1.29, 1.82) is 0 Å². The zero-order valence-electron chi connectivity index (χ0n) is 7.53. The number of carbonyl (C=O) groups is 1. The first-order chi connectivity index (χ1) is 6.09. The molecule has 0 heterocycles. The second-order valence-corrected chi connectivity index (χ2v) is 3.10. The maximum Gasteiger partial charge on any atom is 0.307 e. The van der Waals surface area contributed by atoms with Crippen LogP contribution in [0.2, 0.25) is 0 Å². The summed E-state index contributed by atoms with van der Waals surface area (Å²) < 4.78 is 0. The molecule has 0 radical (unpaired) electrons. The van der Waals surface area contributed by atoms with E-state index in [0.717, 1.165) is 11.1 Å². The van der Waals surface area contributed by atoms with E-state index in [9.17, 15) is 4.79 Å². The third-order valence-corrected chi connectivity index (χ3v) is 1.86. The van der Waals surface area contributed by atoms with Crippen LogP contribution >= 0.6 is 0 Å². The number of benzene rings is 1. The van der Waals surface area contributed by atoms with Crippen LogP contribution < -0.4 is 5.73 Å². The Bertz CT molecular complexity index is 290. The summed E-state index contributed by atoms with van der Waals surface area (Å²) in [6.07, 6.45) is 0.0687. The predicted molar refractivity (Wildman–Crippen MR) is 50.4 cm³/mol. The van der Waals surface area contributed by atoms with Crippen LogP contribution in [-0.2, 0) is 11.2 Å². The molecule has 0 amide bonds. The summed E-state index contributed by atoms with van der Waals surface area (Å²) in [5, 5.41) is 8.52. The van der Waals surface area contributed by atoms with Crippen LogP contribution in [0.3, 0.4) is 0 Å². The van der Waals surface area contributed by atoms with Gasteiger partial charge in [0.15, 0.2) is 0 Å². The van der Waals surface area contributed by atoms with E-state index in [1.165, 1.54) is 0 Å². The van der Waals surface area contributed by atoms with E-state index < -0.39 is 5.97 Å². The molecule has 3 nitrogen and oxygen atoms in total. The molecule has 0 aliphatic heterocycles. The highest BCUT2D eigenvalue weighted by Gasteiger charge is 2.01. The van der Waals surface area contributed by atoms with E-state index in [-0.39, 0.29) is 12.5 Å². The van der Waals surface area contributed by atoms with Crippen LogP contribution in [0.5, 0.6) is 0 Å². The highest BCUT2D eigenvalue weighted by Crippen LogP contribution is 2.10. The Morgan fingerprint density at radius 2 is 2.00 bits per heavy atom. The summed E-state index contributed by atoms with van der Waals surface area (Å²) in [5.41, 5.74) is 7.47. The van der Waals surface area contributed by atoms with Gasteiger partial charge in [0.1, 0.15) is 0 Å². The van der Waals surface area contributed by atoms with Crippen LogP contribution in [0.4, 0.5) is 0 Å². The normalized spacial score (nSPS) is 12.5. The fourth-order valence-corrected chi connectivity index (χ4v) is 1.11. The average molecular weight is 179 g/mol. The Kier molecular flexibility index (Phi) is 3.03. The van der Waals surface area contributed by atoms with Crippen LogP contribution in [0, 0.1) is 0 Å². The van der Waals surface area contributed by atoms with Crippen molar-refractivity contribution in [3.05, 3.63) is 35.4 Å². The molecule has 3 heteroatoms. The minimum absolute atomic E-state index is 0.00104. The van der Waals surface area contributed by atoms with Crippen molar-refractivity contribution in [2.24, 2.45) is 5.73 Å². The minimum atomic E-state index is -0.812. The Morgan fingerprint density at radius 3 is 2.38 bits per heavy atom.